The van der Waals surface area contributed by atoms with Gasteiger partial charge in [-0.15, -0.1) is 0 Å². The zero-order valence-corrected chi connectivity index (χ0v) is 21.2. The van der Waals surface area contributed by atoms with Crippen LogP contribution < -0.4 is 16.0 Å². The Hall–Kier alpha value is -3.30. The van der Waals surface area contributed by atoms with Gasteiger partial charge in [0.1, 0.15) is 23.5 Å². The molecule has 3 N–H and O–H groups in total. The highest BCUT2D eigenvalue weighted by molar-refractivity contribution is 5.96. The number of carbonyl (C=O) groups is 3. The summed E-state index contributed by atoms with van der Waals surface area (Å²) in [6.07, 6.45) is -9.28. The topological polar surface area (TPSA) is 122 Å². The second kappa shape index (κ2) is 11.2. The third-order valence-electron chi connectivity index (χ3n) is 5.13. The maximum Gasteiger partial charge on any atom is 0.416 e. The number of halogens is 6. The van der Waals surface area contributed by atoms with Gasteiger partial charge in [0.05, 0.1) is 13.2 Å². The van der Waals surface area contributed by atoms with Crippen molar-refractivity contribution < 1.29 is 50.2 Å². The quantitative estimate of drug-likeness (QED) is 0.419. The highest BCUT2D eigenvalue weighted by Crippen LogP contribution is 2.33. The summed E-state index contributed by atoms with van der Waals surface area (Å²) >= 11 is 0. The van der Waals surface area contributed by atoms with Crippen LogP contribution >= 0.6 is 0 Å². The van der Waals surface area contributed by atoms with E-state index in [2.05, 4.69) is 15.6 Å². The van der Waals surface area contributed by atoms with Crippen LogP contribution in [0.2, 0.25) is 0 Å². The van der Waals surface area contributed by atoms with Crippen molar-refractivity contribution >= 4 is 23.8 Å². The van der Waals surface area contributed by atoms with Crippen LogP contribution in [0, 0.1) is 0 Å². The number of urea groups is 1. The Balaban J connectivity index is 2.14. The minimum Gasteiger partial charge on any atom is -0.444 e. The van der Waals surface area contributed by atoms with E-state index < -0.39 is 66.8 Å². The first kappa shape index (κ1) is 30.9. The van der Waals surface area contributed by atoms with Crippen LogP contribution in [0.15, 0.2) is 18.3 Å². The maximum atomic E-state index is 13.2. The fourth-order valence-electron chi connectivity index (χ4n) is 2.99. The number of alkyl halides is 6. The number of hydrogen-bond donors (Lipinski definition) is 3. The van der Waals surface area contributed by atoms with E-state index >= 15 is 0 Å². The third-order valence-corrected chi connectivity index (χ3v) is 5.13. The summed E-state index contributed by atoms with van der Waals surface area (Å²) in [5.41, 5.74) is -3.32. The molecule has 1 aliphatic heterocycles. The van der Waals surface area contributed by atoms with Gasteiger partial charge >= 0.3 is 24.5 Å². The number of hydrogen-bond acceptors (Lipinski definition) is 6. The fraction of sp³-hybridized carbons (Fsp3) is 0.636. The first-order valence-electron chi connectivity index (χ1n) is 11.3. The van der Waals surface area contributed by atoms with Crippen molar-refractivity contribution in [2.24, 2.45) is 0 Å². The van der Waals surface area contributed by atoms with Crippen molar-refractivity contribution in [3.8, 4) is 0 Å². The number of alkyl carbamates (subject to hydrolysis) is 1. The summed E-state index contributed by atoms with van der Waals surface area (Å²) in [4.78, 5) is 41.8. The van der Waals surface area contributed by atoms with Gasteiger partial charge in [-0.2, -0.15) is 26.3 Å². The number of carbonyl (C=O) groups excluding carboxylic acids is 3. The van der Waals surface area contributed by atoms with E-state index in [0.717, 1.165) is 18.7 Å². The SMILES string of the molecule is CC(C)(C)OC(=O)N[C@@H](COC(C)(C)C(F)(F)F)C(=O)Nc1cc(CN2C[C@@H](C(F)(F)F)NC2=O)ccn1. The molecule has 1 aromatic rings. The van der Waals surface area contributed by atoms with Gasteiger partial charge in [-0.25, -0.2) is 14.6 Å². The molecule has 2 rings (SSSR count). The molecule has 1 fully saturated rings. The standard InChI is InChI=1S/C22H29F6N5O5/c1-19(2,3)38-18(36)30-13(11-37-20(4,5)22(26,27)28)16(34)32-15-8-12(6-7-29-15)9-33-10-14(21(23,24)25)31-17(33)35/h6-8,13-14H,9-11H2,1-5H3,(H,30,36)(H,31,35)(H,29,32,34)/t13-,14-/m0/s1. The lowest BCUT2D eigenvalue weighted by Crippen LogP contribution is -2.51. The number of amides is 4. The summed E-state index contributed by atoms with van der Waals surface area (Å²) in [5, 5.41) is 6.30. The van der Waals surface area contributed by atoms with Crippen molar-refractivity contribution in [3.05, 3.63) is 23.9 Å². The van der Waals surface area contributed by atoms with Crippen molar-refractivity contribution in [1.29, 1.82) is 0 Å². The Kier molecular flexibility index (Phi) is 9.12. The Morgan fingerprint density at radius 2 is 1.79 bits per heavy atom. The number of anilines is 1. The number of nitrogens with one attached hydrogen (secondary N) is 3. The van der Waals surface area contributed by atoms with Crippen LogP contribution in [0.1, 0.15) is 40.2 Å². The van der Waals surface area contributed by atoms with Crippen LogP contribution in [0.25, 0.3) is 0 Å². The molecule has 0 aromatic carbocycles. The van der Waals surface area contributed by atoms with Crippen LogP contribution in [-0.4, -0.2) is 76.7 Å². The van der Waals surface area contributed by atoms with E-state index in [9.17, 15) is 40.7 Å². The lowest BCUT2D eigenvalue weighted by Gasteiger charge is -2.30. The highest BCUT2D eigenvalue weighted by Gasteiger charge is 2.49. The number of aromatic nitrogens is 1. The van der Waals surface area contributed by atoms with Gasteiger partial charge in [0.2, 0.25) is 0 Å². The molecule has 0 aliphatic carbocycles. The average Bonchev–Trinajstić information content (AvgIpc) is 3.10. The van der Waals surface area contributed by atoms with Gasteiger partial charge in [0, 0.05) is 12.7 Å². The van der Waals surface area contributed by atoms with Crippen LogP contribution in [-0.2, 0) is 20.8 Å². The molecule has 2 atom stereocenters. The summed E-state index contributed by atoms with van der Waals surface area (Å²) in [7, 11) is 0. The molecule has 16 heteroatoms. The lowest BCUT2D eigenvalue weighted by atomic mass is 10.1. The number of ether oxygens (including phenoxy) is 2. The van der Waals surface area contributed by atoms with E-state index in [4.69, 9.17) is 9.47 Å². The fourth-order valence-corrected chi connectivity index (χ4v) is 2.99. The predicted molar refractivity (Wildman–Crippen MR) is 121 cm³/mol. The summed E-state index contributed by atoms with van der Waals surface area (Å²) in [5.74, 6) is -1.14. The maximum absolute atomic E-state index is 13.2. The monoisotopic (exact) mass is 557 g/mol. The van der Waals surface area contributed by atoms with E-state index in [-0.39, 0.29) is 12.4 Å². The summed E-state index contributed by atoms with van der Waals surface area (Å²) in [6, 6.07) is -1.95. The molecule has 0 bridgehead atoms. The van der Waals surface area contributed by atoms with Crippen LogP contribution in [0.3, 0.4) is 0 Å². The molecule has 38 heavy (non-hydrogen) atoms. The first-order valence-corrected chi connectivity index (χ1v) is 11.3. The van der Waals surface area contributed by atoms with E-state index in [1.165, 1.54) is 39.1 Å². The third kappa shape index (κ3) is 8.92. The minimum atomic E-state index is -4.77. The Morgan fingerprint density at radius 3 is 2.32 bits per heavy atom. The van der Waals surface area contributed by atoms with Crippen molar-refractivity contribution in [2.45, 2.75) is 76.8 Å². The van der Waals surface area contributed by atoms with E-state index in [0.29, 0.717) is 5.56 Å². The van der Waals surface area contributed by atoms with Crippen LogP contribution in [0.5, 0.6) is 0 Å². The van der Waals surface area contributed by atoms with Gasteiger partial charge in [0.15, 0.2) is 5.60 Å². The van der Waals surface area contributed by atoms with Gasteiger partial charge in [-0.05, 0) is 52.3 Å². The highest BCUT2D eigenvalue weighted by atomic mass is 19.4. The summed E-state index contributed by atoms with van der Waals surface area (Å²) in [6.45, 7) is 4.36. The number of pyridine rings is 1. The molecular formula is C22H29F6N5O5. The predicted octanol–water partition coefficient (Wildman–Crippen LogP) is 3.73. The molecule has 0 unspecified atom stereocenters. The second-order valence-electron chi connectivity index (χ2n) is 9.98. The largest absolute Gasteiger partial charge is 0.444 e. The molecule has 1 aliphatic rings. The molecule has 214 valence electrons. The zero-order chi connectivity index (χ0) is 29.1. The molecule has 4 amide bonds. The van der Waals surface area contributed by atoms with Crippen molar-refractivity contribution in [2.75, 3.05) is 18.5 Å². The van der Waals surface area contributed by atoms with Crippen molar-refractivity contribution in [1.82, 2.24) is 20.5 Å². The average molecular weight is 557 g/mol. The van der Waals surface area contributed by atoms with Crippen molar-refractivity contribution in [3.63, 3.8) is 0 Å². The first-order chi connectivity index (χ1) is 17.2. The number of rotatable bonds is 8. The molecule has 10 nitrogen and oxygen atoms in total. The molecule has 0 spiro atoms. The molecule has 1 saturated heterocycles. The zero-order valence-electron chi connectivity index (χ0n) is 21.2. The second-order valence-corrected chi connectivity index (χ2v) is 9.98. The molecule has 0 radical (unpaired) electrons. The van der Waals surface area contributed by atoms with Crippen LogP contribution in [0.4, 0.5) is 41.7 Å². The van der Waals surface area contributed by atoms with E-state index in [1.54, 1.807) is 0 Å². The van der Waals surface area contributed by atoms with Gasteiger partial charge < -0.3 is 30.3 Å². The van der Waals surface area contributed by atoms with Gasteiger partial charge in [-0.3, -0.25) is 4.79 Å². The summed E-state index contributed by atoms with van der Waals surface area (Å²) < 4.78 is 88.3. The van der Waals surface area contributed by atoms with E-state index in [1.807, 2.05) is 5.32 Å². The Labute approximate surface area is 214 Å². The molecular weight excluding hydrogens is 528 g/mol. The molecule has 0 saturated carbocycles. The van der Waals surface area contributed by atoms with Gasteiger partial charge in [-0.1, -0.05) is 0 Å². The molecule has 1 aromatic heterocycles. The lowest BCUT2D eigenvalue weighted by molar-refractivity contribution is -0.264. The number of nitrogens with zero attached hydrogens (tertiary/aromatic N) is 2. The normalized spacial score (nSPS) is 17.6. The minimum absolute atomic E-state index is 0.134. The van der Waals surface area contributed by atoms with Gasteiger partial charge in [0.25, 0.3) is 5.91 Å². The Morgan fingerprint density at radius 1 is 1.16 bits per heavy atom. The molecule has 2 heterocycles. The smallest absolute Gasteiger partial charge is 0.416 e. The Bertz CT molecular complexity index is 1030.